The van der Waals surface area contributed by atoms with Crippen molar-refractivity contribution in [1.82, 2.24) is 5.32 Å². The van der Waals surface area contributed by atoms with Crippen molar-refractivity contribution in [3.8, 4) is 0 Å². The monoisotopic (exact) mass is 264 g/mol. The highest BCUT2D eigenvalue weighted by Crippen LogP contribution is 2.20. The number of carboxylic acids is 1. The Bertz CT molecular complexity index is 511. The minimum atomic E-state index is -1.10. The lowest BCUT2D eigenvalue weighted by Crippen LogP contribution is -2.25. The number of rotatable bonds is 5. The summed E-state index contributed by atoms with van der Waals surface area (Å²) in [5.74, 6) is -1.65. The Labute approximate surface area is 110 Å². The number of carbonyl (C=O) groups excluding carboxylic acids is 2. The fraction of sp³-hybridized carbons (Fsp3) is 0.308. The summed E-state index contributed by atoms with van der Waals surface area (Å²) >= 11 is 0. The second kappa shape index (κ2) is 6.53. The molecule has 0 aliphatic heterocycles. The van der Waals surface area contributed by atoms with Crippen LogP contribution in [0.2, 0.25) is 0 Å². The number of benzene rings is 1. The van der Waals surface area contributed by atoms with E-state index in [2.05, 4.69) is 10.6 Å². The molecule has 102 valence electrons. The highest BCUT2D eigenvalue weighted by atomic mass is 16.4. The molecule has 1 rings (SSSR count). The van der Waals surface area contributed by atoms with Gasteiger partial charge in [-0.3, -0.25) is 9.59 Å². The third-order valence-electron chi connectivity index (χ3n) is 2.49. The van der Waals surface area contributed by atoms with Gasteiger partial charge in [0, 0.05) is 19.9 Å². The first-order chi connectivity index (χ1) is 8.91. The molecule has 0 spiro atoms. The smallest absolute Gasteiger partial charge is 0.337 e. The predicted molar refractivity (Wildman–Crippen MR) is 70.1 cm³/mol. The van der Waals surface area contributed by atoms with Gasteiger partial charge in [-0.05, 0) is 18.6 Å². The molecule has 1 aromatic rings. The van der Waals surface area contributed by atoms with Gasteiger partial charge in [-0.2, -0.15) is 0 Å². The van der Waals surface area contributed by atoms with Crippen molar-refractivity contribution < 1.29 is 19.5 Å². The van der Waals surface area contributed by atoms with E-state index in [9.17, 15) is 14.4 Å². The van der Waals surface area contributed by atoms with Gasteiger partial charge in [0.05, 0.1) is 11.3 Å². The lowest BCUT2D eigenvalue weighted by atomic mass is 10.1. The molecular formula is C13H16N2O4. The van der Waals surface area contributed by atoms with Gasteiger partial charge in [0.15, 0.2) is 0 Å². The van der Waals surface area contributed by atoms with Crippen molar-refractivity contribution in [2.24, 2.45) is 0 Å². The fourth-order valence-corrected chi connectivity index (χ4v) is 1.57. The van der Waals surface area contributed by atoms with Crippen LogP contribution in [0.3, 0.4) is 0 Å². The predicted octanol–water partition coefficient (Wildman–Crippen LogP) is 1.16. The summed E-state index contributed by atoms with van der Waals surface area (Å²) in [5.41, 5.74) is 1.02. The van der Waals surface area contributed by atoms with E-state index in [0.717, 1.165) is 0 Å². The summed E-state index contributed by atoms with van der Waals surface area (Å²) in [6.45, 7) is 3.30. The van der Waals surface area contributed by atoms with E-state index in [1.807, 2.05) is 0 Å². The van der Waals surface area contributed by atoms with E-state index < -0.39 is 5.97 Å². The molecule has 0 aliphatic carbocycles. The van der Waals surface area contributed by atoms with Gasteiger partial charge in [0.2, 0.25) is 11.8 Å². The maximum absolute atomic E-state index is 11.7. The molecule has 0 saturated heterocycles. The van der Waals surface area contributed by atoms with Gasteiger partial charge in [-0.15, -0.1) is 0 Å². The van der Waals surface area contributed by atoms with Gasteiger partial charge < -0.3 is 15.7 Å². The molecule has 6 nitrogen and oxygen atoms in total. The van der Waals surface area contributed by atoms with E-state index in [-0.39, 0.29) is 30.3 Å². The van der Waals surface area contributed by atoms with Crippen LogP contribution in [-0.2, 0) is 9.59 Å². The zero-order valence-electron chi connectivity index (χ0n) is 10.8. The molecule has 19 heavy (non-hydrogen) atoms. The van der Waals surface area contributed by atoms with Crippen LogP contribution in [0.15, 0.2) is 18.2 Å². The van der Waals surface area contributed by atoms with Crippen LogP contribution in [0.5, 0.6) is 0 Å². The zero-order valence-corrected chi connectivity index (χ0v) is 10.8. The lowest BCUT2D eigenvalue weighted by Gasteiger charge is -2.11. The minimum Gasteiger partial charge on any atom is -0.478 e. The van der Waals surface area contributed by atoms with Crippen molar-refractivity contribution in [3.63, 3.8) is 0 Å². The van der Waals surface area contributed by atoms with Crippen LogP contribution in [-0.4, -0.2) is 29.4 Å². The molecule has 0 fully saturated rings. The van der Waals surface area contributed by atoms with E-state index in [4.69, 9.17) is 5.11 Å². The molecule has 0 unspecified atom stereocenters. The number of aryl methyl sites for hydroxylation is 1. The maximum Gasteiger partial charge on any atom is 0.337 e. The molecule has 0 heterocycles. The SMILES string of the molecule is CC(=O)NCCC(=O)Nc1c(C)cccc1C(=O)O. The summed E-state index contributed by atoms with van der Waals surface area (Å²) in [4.78, 5) is 33.4. The number of hydrogen-bond donors (Lipinski definition) is 3. The van der Waals surface area contributed by atoms with Crippen molar-refractivity contribution in [1.29, 1.82) is 0 Å². The Balaban J connectivity index is 2.73. The van der Waals surface area contributed by atoms with Crippen LogP contribution in [0, 0.1) is 6.92 Å². The molecule has 0 aromatic heterocycles. The minimum absolute atomic E-state index is 0.0490. The van der Waals surface area contributed by atoms with Crippen molar-refractivity contribution in [2.75, 3.05) is 11.9 Å². The molecule has 3 N–H and O–H groups in total. The number of nitrogens with one attached hydrogen (secondary N) is 2. The molecule has 2 amide bonds. The van der Waals surface area contributed by atoms with E-state index in [1.165, 1.54) is 13.0 Å². The highest BCUT2D eigenvalue weighted by Gasteiger charge is 2.14. The maximum atomic E-state index is 11.7. The third kappa shape index (κ3) is 4.42. The Morgan fingerprint density at radius 1 is 1.26 bits per heavy atom. The molecule has 0 radical (unpaired) electrons. The molecule has 0 aliphatic rings. The van der Waals surface area contributed by atoms with Crippen LogP contribution >= 0.6 is 0 Å². The normalized spacial score (nSPS) is 9.79. The molecule has 0 saturated carbocycles. The standard InChI is InChI=1S/C13H16N2O4/c1-8-4-3-5-10(13(18)19)12(8)15-11(17)6-7-14-9(2)16/h3-5H,6-7H2,1-2H3,(H,14,16)(H,15,17)(H,18,19). The number of anilines is 1. The van der Waals surface area contributed by atoms with Gasteiger partial charge in [0.25, 0.3) is 0 Å². The Morgan fingerprint density at radius 3 is 2.53 bits per heavy atom. The van der Waals surface area contributed by atoms with Crippen molar-refractivity contribution in [3.05, 3.63) is 29.3 Å². The number of carbonyl (C=O) groups is 3. The zero-order chi connectivity index (χ0) is 14.4. The molecule has 1 aromatic carbocycles. The van der Waals surface area contributed by atoms with Gasteiger partial charge >= 0.3 is 5.97 Å². The van der Waals surface area contributed by atoms with Crippen molar-refractivity contribution in [2.45, 2.75) is 20.3 Å². The summed E-state index contributed by atoms with van der Waals surface area (Å²) < 4.78 is 0. The first kappa shape index (κ1) is 14.7. The molecule has 0 atom stereocenters. The second-order valence-corrected chi connectivity index (χ2v) is 4.08. The average Bonchev–Trinajstić information content (AvgIpc) is 2.30. The Kier molecular flexibility index (Phi) is 5.05. The lowest BCUT2D eigenvalue weighted by molar-refractivity contribution is -0.119. The Hall–Kier alpha value is -2.37. The van der Waals surface area contributed by atoms with Gasteiger partial charge in [0.1, 0.15) is 0 Å². The summed E-state index contributed by atoms with van der Waals surface area (Å²) in [6, 6.07) is 4.76. The molecule has 0 bridgehead atoms. The van der Waals surface area contributed by atoms with Crippen molar-refractivity contribution >= 4 is 23.5 Å². The van der Waals surface area contributed by atoms with E-state index in [0.29, 0.717) is 11.3 Å². The second-order valence-electron chi connectivity index (χ2n) is 4.08. The topological polar surface area (TPSA) is 95.5 Å². The number of carboxylic acid groups (broad SMARTS) is 1. The van der Waals surface area contributed by atoms with Gasteiger partial charge in [-0.1, -0.05) is 12.1 Å². The number of hydrogen-bond acceptors (Lipinski definition) is 3. The Morgan fingerprint density at radius 2 is 1.95 bits per heavy atom. The first-order valence-electron chi connectivity index (χ1n) is 5.79. The van der Waals surface area contributed by atoms with E-state index >= 15 is 0 Å². The van der Waals surface area contributed by atoms with E-state index in [1.54, 1.807) is 19.1 Å². The number of amides is 2. The first-order valence-corrected chi connectivity index (χ1v) is 5.79. The van der Waals surface area contributed by atoms with Gasteiger partial charge in [-0.25, -0.2) is 4.79 Å². The highest BCUT2D eigenvalue weighted by molar-refractivity contribution is 6.01. The molecular weight excluding hydrogens is 248 g/mol. The summed E-state index contributed by atoms with van der Waals surface area (Å²) in [5, 5.41) is 14.1. The van der Waals surface area contributed by atoms with Crippen LogP contribution in [0.1, 0.15) is 29.3 Å². The van der Waals surface area contributed by atoms with Crippen LogP contribution in [0.25, 0.3) is 0 Å². The number of para-hydroxylation sites is 1. The largest absolute Gasteiger partial charge is 0.478 e. The fourth-order valence-electron chi connectivity index (χ4n) is 1.57. The summed E-state index contributed by atoms with van der Waals surface area (Å²) in [7, 11) is 0. The molecule has 6 heteroatoms. The summed E-state index contributed by atoms with van der Waals surface area (Å²) in [6.07, 6.45) is 0.0903. The van der Waals surface area contributed by atoms with Crippen LogP contribution in [0.4, 0.5) is 5.69 Å². The average molecular weight is 264 g/mol. The third-order valence-corrected chi connectivity index (χ3v) is 2.49. The number of aromatic carboxylic acids is 1. The quantitative estimate of drug-likeness (QED) is 0.743. The van der Waals surface area contributed by atoms with Crippen LogP contribution < -0.4 is 10.6 Å².